The number of carbonyl (C=O) groups excluding carboxylic acids is 1. The number of aliphatic hydroxyl groups excluding tert-OH is 1. The Morgan fingerprint density at radius 3 is 2.40 bits per heavy atom. The van der Waals surface area contributed by atoms with E-state index in [9.17, 15) is 4.79 Å². The summed E-state index contributed by atoms with van der Waals surface area (Å²) in [5.74, 6) is 0.0220. The molecule has 0 radical (unpaired) electrons. The highest BCUT2D eigenvalue weighted by Gasteiger charge is 2.37. The summed E-state index contributed by atoms with van der Waals surface area (Å²) in [5, 5.41) is 11.3. The van der Waals surface area contributed by atoms with Gasteiger partial charge in [-0.15, -0.1) is 12.4 Å². The van der Waals surface area contributed by atoms with Crippen LogP contribution in [0.1, 0.15) is 32.1 Å². The average Bonchev–Trinajstić information content (AvgIpc) is 2.26. The fraction of sp³-hybridized carbons (Fsp3) is 0.900. The van der Waals surface area contributed by atoms with Crippen LogP contribution in [-0.2, 0) is 4.79 Å². The maximum atomic E-state index is 11.8. The summed E-state index contributed by atoms with van der Waals surface area (Å²) in [6, 6.07) is 0. The molecule has 4 nitrogen and oxygen atoms in total. The molecule has 0 aromatic rings. The van der Waals surface area contributed by atoms with Gasteiger partial charge in [-0.3, -0.25) is 4.79 Å². The topological polar surface area (TPSA) is 75.4 Å². The van der Waals surface area contributed by atoms with Crippen LogP contribution in [0.2, 0.25) is 0 Å². The van der Waals surface area contributed by atoms with E-state index in [4.69, 9.17) is 10.8 Å². The molecule has 1 saturated carbocycles. The third kappa shape index (κ3) is 3.63. The predicted molar refractivity (Wildman–Crippen MR) is 61.9 cm³/mol. The fourth-order valence-electron chi connectivity index (χ4n) is 2.11. The standard InChI is InChI=1S/C10H20N2O2.ClH/c11-8-10(4-2-1-3-5-10)9(14)12-6-7-13;/h13H,1-8,11H2,(H,12,14);1H. The minimum Gasteiger partial charge on any atom is -0.395 e. The number of hydrogen-bond acceptors (Lipinski definition) is 3. The van der Waals surface area contributed by atoms with E-state index in [2.05, 4.69) is 5.32 Å². The van der Waals surface area contributed by atoms with Gasteiger partial charge in [-0.2, -0.15) is 0 Å². The van der Waals surface area contributed by atoms with E-state index in [1.54, 1.807) is 0 Å². The summed E-state index contributed by atoms with van der Waals surface area (Å²) in [6.45, 7) is 0.747. The molecule has 0 aliphatic heterocycles. The number of nitrogens with two attached hydrogens (primary N) is 1. The molecular formula is C10H21ClN2O2. The summed E-state index contributed by atoms with van der Waals surface area (Å²) in [4.78, 5) is 11.8. The van der Waals surface area contributed by atoms with Crippen molar-refractivity contribution in [3.63, 3.8) is 0 Å². The third-order valence-electron chi connectivity index (χ3n) is 3.08. The summed E-state index contributed by atoms with van der Waals surface area (Å²) in [5.41, 5.74) is 5.33. The molecule has 0 aromatic carbocycles. The van der Waals surface area contributed by atoms with Gasteiger partial charge in [-0.25, -0.2) is 0 Å². The summed E-state index contributed by atoms with van der Waals surface area (Å²) < 4.78 is 0. The molecular weight excluding hydrogens is 216 g/mol. The van der Waals surface area contributed by atoms with Gasteiger partial charge in [-0.1, -0.05) is 19.3 Å². The van der Waals surface area contributed by atoms with Crippen molar-refractivity contribution in [1.82, 2.24) is 5.32 Å². The molecule has 0 saturated heterocycles. The number of nitrogens with one attached hydrogen (secondary N) is 1. The highest BCUT2D eigenvalue weighted by molar-refractivity contribution is 5.85. The van der Waals surface area contributed by atoms with E-state index in [-0.39, 0.29) is 30.3 Å². The van der Waals surface area contributed by atoms with Gasteiger partial charge in [0.05, 0.1) is 12.0 Å². The van der Waals surface area contributed by atoms with Crippen LogP contribution in [0.3, 0.4) is 0 Å². The molecule has 1 fully saturated rings. The Bertz CT molecular complexity index is 194. The summed E-state index contributed by atoms with van der Waals surface area (Å²) in [7, 11) is 0. The lowest BCUT2D eigenvalue weighted by atomic mass is 9.73. The quantitative estimate of drug-likeness (QED) is 0.663. The molecule has 1 amide bonds. The Labute approximate surface area is 97.0 Å². The normalized spacial score (nSPS) is 19.1. The van der Waals surface area contributed by atoms with Crippen LogP contribution in [0.4, 0.5) is 0 Å². The van der Waals surface area contributed by atoms with E-state index in [1.165, 1.54) is 6.42 Å². The van der Waals surface area contributed by atoms with E-state index in [0.717, 1.165) is 25.7 Å². The molecule has 4 N–H and O–H groups in total. The minimum atomic E-state index is -0.354. The monoisotopic (exact) mass is 236 g/mol. The van der Waals surface area contributed by atoms with Crippen molar-refractivity contribution in [2.45, 2.75) is 32.1 Å². The lowest BCUT2D eigenvalue weighted by molar-refractivity contribution is -0.132. The van der Waals surface area contributed by atoms with E-state index in [0.29, 0.717) is 13.1 Å². The Morgan fingerprint density at radius 1 is 1.33 bits per heavy atom. The second-order valence-corrected chi connectivity index (χ2v) is 4.02. The van der Waals surface area contributed by atoms with Crippen LogP contribution < -0.4 is 11.1 Å². The van der Waals surface area contributed by atoms with E-state index in [1.807, 2.05) is 0 Å². The molecule has 0 heterocycles. The first kappa shape index (κ1) is 14.7. The van der Waals surface area contributed by atoms with Crippen LogP contribution in [0.5, 0.6) is 0 Å². The van der Waals surface area contributed by atoms with Gasteiger partial charge in [0.15, 0.2) is 0 Å². The molecule has 0 unspecified atom stereocenters. The number of hydrogen-bond donors (Lipinski definition) is 3. The van der Waals surface area contributed by atoms with Gasteiger partial charge in [-0.05, 0) is 12.8 Å². The third-order valence-corrected chi connectivity index (χ3v) is 3.08. The summed E-state index contributed by atoms with van der Waals surface area (Å²) >= 11 is 0. The predicted octanol–water partition coefficient (Wildman–Crippen LogP) is 0.426. The Hall–Kier alpha value is -0.320. The van der Waals surface area contributed by atoms with Gasteiger partial charge in [0, 0.05) is 13.1 Å². The number of halogens is 1. The molecule has 5 heteroatoms. The molecule has 0 spiro atoms. The second-order valence-electron chi connectivity index (χ2n) is 4.02. The van der Waals surface area contributed by atoms with Crippen molar-refractivity contribution in [3.8, 4) is 0 Å². The van der Waals surface area contributed by atoms with Crippen molar-refractivity contribution < 1.29 is 9.90 Å². The van der Waals surface area contributed by atoms with Crippen LogP contribution in [0.25, 0.3) is 0 Å². The zero-order valence-electron chi connectivity index (χ0n) is 9.00. The smallest absolute Gasteiger partial charge is 0.227 e. The van der Waals surface area contributed by atoms with Crippen molar-refractivity contribution >= 4 is 18.3 Å². The number of aliphatic hydroxyl groups is 1. The molecule has 0 aromatic heterocycles. The zero-order chi connectivity index (χ0) is 10.4. The first-order valence-corrected chi connectivity index (χ1v) is 5.34. The van der Waals surface area contributed by atoms with Gasteiger partial charge in [0.25, 0.3) is 0 Å². The Morgan fingerprint density at radius 2 is 1.93 bits per heavy atom. The zero-order valence-corrected chi connectivity index (χ0v) is 9.81. The van der Waals surface area contributed by atoms with Crippen LogP contribution >= 0.6 is 12.4 Å². The summed E-state index contributed by atoms with van der Waals surface area (Å²) in [6.07, 6.45) is 5.16. The maximum Gasteiger partial charge on any atom is 0.227 e. The highest BCUT2D eigenvalue weighted by Crippen LogP contribution is 2.35. The molecule has 15 heavy (non-hydrogen) atoms. The largest absolute Gasteiger partial charge is 0.395 e. The van der Waals surface area contributed by atoms with Crippen LogP contribution in [0, 0.1) is 5.41 Å². The first-order chi connectivity index (χ1) is 6.75. The lowest BCUT2D eigenvalue weighted by Gasteiger charge is -2.34. The molecule has 1 rings (SSSR count). The van der Waals surface area contributed by atoms with Crippen molar-refractivity contribution in [2.24, 2.45) is 11.1 Å². The van der Waals surface area contributed by atoms with E-state index >= 15 is 0 Å². The number of rotatable bonds is 4. The molecule has 1 aliphatic carbocycles. The van der Waals surface area contributed by atoms with Gasteiger partial charge < -0.3 is 16.2 Å². The molecule has 90 valence electrons. The van der Waals surface area contributed by atoms with Gasteiger partial charge in [0.1, 0.15) is 0 Å². The van der Waals surface area contributed by atoms with Crippen molar-refractivity contribution in [3.05, 3.63) is 0 Å². The fourth-order valence-corrected chi connectivity index (χ4v) is 2.11. The lowest BCUT2D eigenvalue weighted by Crippen LogP contribution is -2.47. The van der Waals surface area contributed by atoms with Gasteiger partial charge in [0.2, 0.25) is 5.91 Å². The molecule has 0 bridgehead atoms. The van der Waals surface area contributed by atoms with Crippen molar-refractivity contribution in [2.75, 3.05) is 19.7 Å². The molecule has 1 aliphatic rings. The first-order valence-electron chi connectivity index (χ1n) is 5.34. The minimum absolute atomic E-state index is 0. The number of carbonyl (C=O) groups is 1. The second kappa shape index (κ2) is 7.04. The Kier molecular flexibility index (Phi) is 6.89. The number of amides is 1. The molecule has 0 atom stereocenters. The average molecular weight is 237 g/mol. The van der Waals surface area contributed by atoms with E-state index < -0.39 is 0 Å². The maximum absolute atomic E-state index is 11.8. The Balaban J connectivity index is 0.00000196. The van der Waals surface area contributed by atoms with Crippen LogP contribution in [0.15, 0.2) is 0 Å². The van der Waals surface area contributed by atoms with Gasteiger partial charge >= 0.3 is 0 Å². The SMILES string of the molecule is Cl.NCC1(C(=O)NCCO)CCCCC1. The highest BCUT2D eigenvalue weighted by atomic mass is 35.5. The van der Waals surface area contributed by atoms with Crippen molar-refractivity contribution in [1.29, 1.82) is 0 Å². The van der Waals surface area contributed by atoms with Crippen LogP contribution in [-0.4, -0.2) is 30.7 Å².